The Balaban J connectivity index is 1.56. The van der Waals surface area contributed by atoms with Crippen LogP contribution in [0.2, 0.25) is 0 Å². The molecule has 2 aromatic carbocycles. The Bertz CT molecular complexity index is 1790. The first-order valence-electron chi connectivity index (χ1n) is 12.3. The fourth-order valence-corrected chi connectivity index (χ4v) is 7.04. The normalized spacial score (nSPS) is 15.0. The van der Waals surface area contributed by atoms with E-state index in [0.29, 0.717) is 37.7 Å². The number of hydrogen-bond acceptors (Lipinski definition) is 8. The summed E-state index contributed by atoms with van der Waals surface area (Å²) in [6.45, 7) is 3.77. The monoisotopic (exact) mass is 690 g/mol. The molecule has 1 atom stereocenters. The van der Waals surface area contributed by atoms with Gasteiger partial charge in [-0.25, -0.2) is 14.2 Å². The number of ether oxygens (including phenoxy) is 3. The lowest BCUT2D eigenvalue weighted by atomic mass is 10.0. The predicted octanol–water partition coefficient (Wildman–Crippen LogP) is 5.19. The Hall–Kier alpha value is -3.29. The lowest BCUT2D eigenvalue weighted by Crippen LogP contribution is -2.39. The average molecular weight is 691 g/mol. The number of fused-ring (bicyclic) bond motifs is 1. The topological polar surface area (TPSA) is 79.1 Å². The van der Waals surface area contributed by atoms with Crippen molar-refractivity contribution in [3.63, 3.8) is 0 Å². The summed E-state index contributed by atoms with van der Waals surface area (Å²) in [5, 5.41) is 1.91. The number of carbonyl (C=O) groups is 1. The molecule has 0 radical (unpaired) electrons. The van der Waals surface area contributed by atoms with Crippen molar-refractivity contribution in [3.8, 4) is 11.5 Å². The molecule has 11 heteroatoms. The van der Waals surface area contributed by atoms with E-state index in [-0.39, 0.29) is 24.6 Å². The summed E-state index contributed by atoms with van der Waals surface area (Å²) in [6, 6.07) is 13.2. The molecule has 7 nitrogen and oxygen atoms in total. The van der Waals surface area contributed by atoms with Gasteiger partial charge in [0.15, 0.2) is 16.3 Å². The molecule has 0 bridgehead atoms. The van der Waals surface area contributed by atoms with E-state index in [9.17, 15) is 14.0 Å². The zero-order chi connectivity index (χ0) is 28.4. The molecule has 0 saturated heterocycles. The Kier molecular flexibility index (Phi) is 8.52. The maximum absolute atomic E-state index is 14.1. The van der Waals surface area contributed by atoms with Crippen molar-refractivity contribution < 1.29 is 23.4 Å². The first-order chi connectivity index (χ1) is 19.3. The second kappa shape index (κ2) is 12.1. The lowest BCUT2D eigenvalue weighted by Gasteiger charge is -2.23. The van der Waals surface area contributed by atoms with Crippen LogP contribution in [-0.4, -0.2) is 24.3 Å². The zero-order valence-corrected chi connectivity index (χ0v) is 25.6. The van der Waals surface area contributed by atoms with Gasteiger partial charge in [-0.2, -0.15) is 0 Å². The van der Waals surface area contributed by atoms with Crippen molar-refractivity contribution in [2.45, 2.75) is 26.5 Å². The van der Waals surface area contributed by atoms with Crippen molar-refractivity contribution in [2.75, 3.05) is 13.7 Å². The first kappa shape index (κ1) is 28.2. The highest BCUT2D eigenvalue weighted by molar-refractivity contribution is 14.1. The third-order valence-corrected chi connectivity index (χ3v) is 8.92. The SMILES string of the molecule is CCOC(=O)C1=C(C)N=c2s/c(=C\c3cc(I)c(OCc4ccccc4F)c(OC)c3)c(=O)n2[C@@H]1c1cccs1. The number of thiophene rings is 1. The van der Waals surface area contributed by atoms with E-state index in [4.69, 9.17) is 14.2 Å². The third-order valence-electron chi connectivity index (χ3n) is 6.21. The Morgan fingerprint density at radius 2 is 2.02 bits per heavy atom. The molecule has 0 saturated carbocycles. The number of aromatic nitrogens is 1. The predicted molar refractivity (Wildman–Crippen MR) is 161 cm³/mol. The summed E-state index contributed by atoms with van der Waals surface area (Å²) < 4.78 is 33.7. The van der Waals surface area contributed by atoms with Crippen LogP contribution < -0.4 is 24.4 Å². The number of esters is 1. The second-order valence-electron chi connectivity index (χ2n) is 8.73. The number of carbonyl (C=O) groups excluding carboxylic acids is 1. The number of nitrogens with zero attached hydrogens (tertiary/aromatic N) is 2. The number of halogens is 2. The second-order valence-corrected chi connectivity index (χ2v) is 11.9. The van der Waals surface area contributed by atoms with Crippen LogP contribution in [-0.2, 0) is 16.1 Å². The molecule has 2 aromatic heterocycles. The Morgan fingerprint density at radius 1 is 1.23 bits per heavy atom. The molecule has 0 amide bonds. The number of allylic oxidation sites excluding steroid dienone is 1. The molecule has 5 rings (SSSR count). The van der Waals surface area contributed by atoms with Crippen molar-refractivity contribution in [2.24, 2.45) is 4.99 Å². The minimum Gasteiger partial charge on any atom is -0.493 e. The minimum absolute atomic E-state index is 0.0435. The van der Waals surface area contributed by atoms with Crippen LogP contribution in [0.1, 0.15) is 35.9 Å². The smallest absolute Gasteiger partial charge is 0.338 e. The molecule has 4 aromatic rings. The van der Waals surface area contributed by atoms with Gasteiger partial charge in [0.2, 0.25) is 0 Å². The number of hydrogen-bond donors (Lipinski definition) is 0. The molecule has 1 aliphatic heterocycles. The quantitative estimate of drug-likeness (QED) is 0.188. The van der Waals surface area contributed by atoms with Gasteiger partial charge in [-0.05, 0) is 77.7 Å². The largest absolute Gasteiger partial charge is 0.493 e. The van der Waals surface area contributed by atoms with Gasteiger partial charge in [0, 0.05) is 10.4 Å². The van der Waals surface area contributed by atoms with Crippen LogP contribution in [0.5, 0.6) is 11.5 Å². The van der Waals surface area contributed by atoms with Crippen molar-refractivity contribution in [1.29, 1.82) is 0 Å². The molecule has 0 fully saturated rings. The van der Waals surface area contributed by atoms with Crippen LogP contribution >= 0.6 is 45.3 Å². The van der Waals surface area contributed by atoms with Crippen LogP contribution in [0.15, 0.2) is 75.0 Å². The maximum Gasteiger partial charge on any atom is 0.338 e. The first-order valence-corrected chi connectivity index (χ1v) is 15.1. The molecule has 0 aliphatic carbocycles. The van der Waals surface area contributed by atoms with Crippen LogP contribution in [0, 0.1) is 9.39 Å². The number of thiazole rings is 1. The Morgan fingerprint density at radius 3 is 2.73 bits per heavy atom. The third kappa shape index (κ3) is 5.50. The van der Waals surface area contributed by atoms with Crippen LogP contribution in [0.25, 0.3) is 6.08 Å². The fourth-order valence-electron chi connectivity index (χ4n) is 4.39. The highest BCUT2D eigenvalue weighted by Gasteiger charge is 2.33. The zero-order valence-electron chi connectivity index (χ0n) is 21.8. The van der Waals surface area contributed by atoms with Gasteiger partial charge in [-0.3, -0.25) is 9.36 Å². The summed E-state index contributed by atoms with van der Waals surface area (Å²) in [7, 11) is 1.53. The molecule has 1 aliphatic rings. The Labute approximate surface area is 251 Å². The lowest BCUT2D eigenvalue weighted by molar-refractivity contribution is -0.139. The van der Waals surface area contributed by atoms with E-state index in [0.717, 1.165) is 14.0 Å². The maximum atomic E-state index is 14.1. The van der Waals surface area contributed by atoms with Gasteiger partial charge in [0.1, 0.15) is 18.5 Å². The minimum atomic E-state index is -0.624. The molecule has 0 N–H and O–H groups in total. The summed E-state index contributed by atoms with van der Waals surface area (Å²) in [4.78, 5) is 32.7. The van der Waals surface area contributed by atoms with E-state index in [2.05, 4.69) is 27.6 Å². The van der Waals surface area contributed by atoms with Crippen molar-refractivity contribution >= 4 is 57.3 Å². The molecule has 0 unspecified atom stereocenters. The molecule has 3 heterocycles. The molecular weight excluding hydrogens is 666 g/mol. The van der Waals surface area contributed by atoms with Crippen molar-refractivity contribution in [3.05, 3.63) is 110 Å². The van der Waals surface area contributed by atoms with Gasteiger partial charge >= 0.3 is 5.97 Å². The molecule has 40 heavy (non-hydrogen) atoms. The summed E-state index contributed by atoms with van der Waals surface area (Å²) in [5.74, 6) is 0.115. The van der Waals surface area contributed by atoms with Crippen LogP contribution in [0.4, 0.5) is 4.39 Å². The van der Waals surface area contributed by atoms with Gasteiger partial charge in [0.05, 0.1) is 33.1 Å². The van der Waals surface area contributed by atoms with E-state index in [1.54, 1.807) is 48.8 Å². The molecular formula is C29H24FIN2O5S2. The van der Waals surface area contributed by atoms with E-state index in [1.807, 2.05) is 23.6 Å². The number of rotatable bonds is 8. The average Bonchev–Trinajstić information content (AvgIpc) is 3.56. The summed E-state index contributed by atoms with van der Waals surface area (Å²) in [6.07, 6.45) is 1.77. The molecule has 0 spiro atoms. The van der Waals surface area contributed by atoms with E-state index < -0.39 is 12.0 Å². The highest BCUT2D eigenvalue weighted by Crippen LogP contribution is 2.35. The highest BCUT2D eigenvalue weighted by atomic mass is 127. The van der Waals surface area contributed by atoms with Crippen LogP contribution in [0.3, 0.4) is 0 Å². The van der Waals surface area contributed by atoms with Gasteiger partial charge in [-0.1, -0.05) is 35.6 Å². The summed E-state index contributed by atoms with van der Waals surface area (Å²) in [5.41, 5.74) is 1.78. The van der Waals surface area contributed by atoms with Gasteiger partial charge < -0.3 is 14.2 Å². The standard InChI is InChI=1S/C29H24FIN2O5S2/c1-4-37-28(35)24-16(2)32-29-33(25(24)22-10-7-11-39-22)27(34)23(40-29)14-17-12-20(31)26(21(13-17)36-3)38-15-18-8-5-6-9-19(18)30/h5-14,25H,4,15H2,1-3H3/b23-14-/t25-/m1/s1. The van der Waals surface area contributed by atoms with E-state index in [1.165, 1.54) is 35.8 Å². The van der Waals surface area contributed by atoms with E-state index >= 15 is 0 Å². The number of benzene rings is 2. The van der Waals surface area contributed by atoms with Gasteiger partial charge in [0.25, 0.3) is 5.56 Å². The number of methoxy groups -OCH3 is 1. The molecule has 206 valence electrons. The summed E-state index contributed by atoms with van der Waals surface area (Å²) >= 11 is 4.85. The van der Waals surface area contributed by atoms with Crippen molar-refractivity contribution in [1.82, 2.24) is 4.57 Å². The van der Waals surface area contributed by atoms with Gasteiger partial charge in [-0.15, -0.1) is 11.3 Å². The fraction of sp³-hybridized carbons (Fsp3) is 0.207.